The van der Waals surface area contributed by atoms with Gasteiger partial charge in [0.25, 0.3) is 0 Å². The van der Waals surface area contributed by atoms with Crippen molar-refractivity contribution in [1.29, 1.82) is 0 Å². The number of imidazole rings is 1. The third kappa shape index (κ3) is 5.94. The molecule has 0 amide bonds. The Kier molecular flexibility index (Phi) is 8.44. The first-order chi connectivity index (χ1) is 20.0. The molecule has 0 saturated carbocycles. The maximum Gasteiger partial charge on any atom is 0.308 e. The van der Waals surface area contributed by atoms with Crippen molar-refractivity contribution in [3.63, 3.8) is 0 Å². The minimum Gasteiger partial charge on any atom is -0.456 e. The summed E-state index contributed by atoms with van der Waals surface area (Å²) < 4.78 is 49.0. The van der Waals surface area contributed by atoms with E-state index in [0.717, 1.165) is 10.8 Å². The van der Waals surface area contributed by atoms with Crippen LogP contribution < -0.4 is 10.5 Å². The van der Waals surface area contributed by atoms with Gasteiger partial charge < -0.3 is 25.1 Å². The van der Waals surface area contributed by atoms with Crippen molar-refractivity contribution in [2.45, 2.75) is 63.4 Å². The number of hydrogen-bond acceptors (Lipinski definition) is 11. The summed E-state index contributed by atoms with van der Waals surface area (Å²) in [6, 6.07) is 12.3. The molecule has 5 rings (SSSR count). The van der Waals surface area contributed by atoms with Gasteiger partial charge in [-0.3, -0.25) is 9.36 Å². The predicted octanol–water partition coefficient (Wildman–Crippen LogP) is 2.37. The minimum atomic E-state index is -3.99. The highest BCUT2D eigenvalue weighted by Crippen LogP contribution is 2.37. The number of nitrogen functional groups attached to an aromatic ring is 1. The Balaban J connectivity index is 1.49. The second kappa shape index (κ2) is 11.9. The van der Waals surface area contributed by atoms with E-state index < -0.39 is 52.7 Å². The number of sulfonamides is 1. The number of nitrogens with zero attached hydrogens (tertiary/aromatic N) is 4. The van der Waals surface area contributed by atoms with Gasteiger partial charge in [-0.2, -0.15) is 0 Å². The first-order valence-electron chi connectivity index (χ1n) is 13.6. The molecule has 2 aromatic carbocycles. The SMILES string of the molecule is CC(C)C(=O)O[C@H]1[C@@H](OC(O)C(C)C)[C@H](n2cnc3c(N)ncnc32)O[C@@H]1CNS(=O)(=O)c1ccc2ccccc2c1. The maximum absolute atomic E-state index is 13.3. The van der Waals surface area contributed by atoms with Crippen molar-refractivity contribution in [2.75, 3.05) is 12.3 Å². The van der Waals surface area contributed by atoms with E-state index >= 15 is 0 Å². The summed E-state index contributed by atoms with van der Waals surface area (Å²) in [4.78, 5) is 25.4. The van der Waals surface area contributed by atoms with Crippen LogP contribution in [0.15, 0.2) is 60.0 Å². The largest absolute Gasteiger partial charge is 0.456 e. The molecule has 1 saturated heterocycles. The molecule has 13 nitrogen and oxygen atoms in total. The number of ether oxygens (including phenoxy) is 3. The smallest absolute Gasteiger partial charge is 0.308 e. The van der Waals surface area contributed by atoms with Gasteiger partial charge in [-0.1, -0.05) is 58.0 Å². The first kappa shape index (κ1) is 29.8. The van der Waals surface area contributed by atoms with E-state index in [1.165, 1.54) is 18.7 Å². The number of rotatable bonds is 10. The summed E-state index contributed by atoms with van der Waals surface area (Å²) >= 11 is 0. The van der Waals surface area contributed by atoms with E-state index in [1.807, 2.05) is 24.3 Å². The Morgan fingerprint density at radius 2 is 1.83 bits per heavy atom. The van der Waals surface area contributed by atoms with Gasteiger partial charge in [0.15, 0.2) is 30.1 Å². The molecular formula is C28H34N6O7S. The molecule has 0 aliphatic carbocycles. The zero-order valence-corrected chi connectivity index (χ0v) is 24.4. The van der Waals surface area contributed by atoms with E-state index in [-0.39, 0.29) is 23.2 Å². The van der Waals surface area contributed by atoms with E-state index in [4.69, 9.17) is 19.9 Å². The number of carbonyl (C=O) groups is 1. The Hall–Kier alpha value is -3.69. The third-order valence-corrected chi connectivity index (χ3v) is 8.46. The average Bonchev–Trinajstić information content (AvgIpc) is 3.53. The molecule has 0 bridgehead atoms. The summed E-state index contributed by atoms with van der Waals surface area (Å²) in [5, 5.41) is 12.4. The lowest BCUT2D eigenvalue weighted by atomic mass is 10.1. The molecule has 1 aliphatic rings. The second-order valence-electron chi connectivity index (χ2n) is 10.8. The van der Waals surface area contributed by atoms with E-state index in [1.54, 1.807) is 44.4 Å². The quantitative estimate of drug-likeness (QED) is 0.180. The van der Waals surface area contributed by atoms with Gasteiger partial charge in [-0.05, 0) is 22.9 Å². The number of fused-ring (bicyclic) bond motifs is 2. The highest BCUT2D eigenvalue weighted by Gasteiger charge is 2.51. The predicted molar refractivity (Wildman–Crippen MR) is 153 cm³/mol. The number of nitrogens with one attached hydrogen (secondary N) is 1. The highest BCUT2D eigenvalue weighted by atomic mass is 32.2. The summed E-state index contributed by atoms with van der Waals surface area (Å²) in [6.07, 6.45) is -2.73. The fourth-order valence-electron chi connectivity index (χ4n) is 4.64. The molecule has 0 spiro atoms. The van der Waals surface area contributed by atoms with Crippen molar-refractivity contribution in [3.8, 4) is 0 Å². The molecule has 1 aliphatic heterocycles. The van der Waals surface area contributed by atoms with E-state index in [9.17, 15) is 18.3 Å². The summed E-state index contributed by atoms with van der Waals surface area (Å²) in [7, 11) is -3.99. The van der Waals surface area contributed by atoms with Gasteiger partial charge in [0.1, 0.15) is 24.1 Å². The Morgan fingerprint density at radius 1 is 1.10 bits per heavy atom. The molecular weight excluding hydrogens is 564 g/mol. The number of aliphatic hydroxyl groups excluding tert-OH is 1. The fourth-order valence-corrected chi connectivity index (χ4v) is 5.72. The van der Waals surface area contributed by atoms with Gasteiger partial charge in [0, 0.05) is 12.5 Å². The van der Waals surface area contributed by atoms with Gasteiger partial charge in [-0.15, -0.1) is 0 Å². The standard InChI is InChI=1S/C28H34N6O7S/c1-15(2)27(35)40-22-20(12-33-42(37,38)19-10-9-17-7-5-6-8-18(17)11-19)39-26(23(22)41-28(36)16(3)4)34-14-32-21-24(29)30-13-31-25(21)34/h5-11,13-16,20,22-23,26,28,33,36H,12H2,1-4H3,(H2,29,30,31)/t20-,22-,23-,26-,28?/m1/s1. The third-order valence-electron chi connectivity index (χ3n) is 7.04. The first-order valence-corrected chi connectivity index (χ1v) is 15.1. The highest BCUT2D eigenvalue weighted by molar-refractivity contribution is 7.89. The van der Waals surface area contributed by atoms with E-state index in [0.29, 0.717) is 11.2 Å². The number of anilines is 1. The number of hydrogen-bond donors (Lipinski definition) is 3. The number of esters is 1. The van der Waals surface area contributed by atoms with Crippen LogP contribution >= 0.6 is 0 Å². The molecule has 224 valence electrons. The van der Waals surface area contributed by atoms with Crippen LogP contribution in [0.4, 0.5) is 5.82 Å². The van der Waals surface area contributed by atoms with Crippen molar-refractivity contribution < 1.29 is 32.5 Å². The van der Waals surface area contributed by atoms with Gasteiger partial charge in [0.2, 0.25) is 10.0 Å². The number of benzene rings is 2. The zero-order valence-electron chi connectivity index (χ0n) is 23.6. The molecule has 2 aromatic heterocycles. The van der Waals surface area contributed by atoms with Crippen molar-refractivity contribution >= 4 is 43.7 Å². The molecule has 42 heavy (non-hydrogen) atoms. The molecule has 4 aromatic rings. The molecule has 14 heteroatoms. The molecule has 0 radical (unpaired) electrons. The van der Waals surface area contributed by atoms with Crippen LogP contribution in [0.2, 0.25) is 0 Å². The van der Waals surface area contributed by atoms with Crippen molar-refractivity contribution in [1.82, 2.24) is 24.2 Å². The van der Waals surface area contributed by atoms with Crippen LogP contribution in [-0.2, 0) is 29.0 Å². The number of carbonyl (C=O) groups excluding carboxylic acids is 1. The summed E-state index contributed by atoms with van der Waals surface area (Å²) in [6.45, 7) is 6.62. The van der Waals surface area contributed by atoms with Crippen LogP contribution in [0.3, 0.4) is 0 Å². The molecule has 1 unspecified atom stereocenters. The second-order valence-corrected chi connectivity index (χ2v) is 12.6. The lowest BCUT2D eigenvalue weighted by Crippen LogP contribution is -2.45. The molecule has 3 heterocycles. The average molecular weight is 599 g/mol. The van der Waals surface area contributed by atoms with Crippen LogP contribution in [0, 0.1) is 11.8 Å². The summed E-state index contributed by atoms with van der Waals surface area (Å²) in [5.74, 6) is -1.19. The lowest BCUT2D eigenvalue weighted by molar-refractivity contribution is -0.202. The van der Waals surface area contributed by atoms with E-state index in [2.05, 4.69) is 19.7 Å². The molecule has 1 fully saturated rings. The molecule has 4 N–H and O–H groups in total. The van der Waals surface area contributed by atoms with Gasteiger partial charge in [0.05, 0.1) is 17.1 Å². The normalized spacial score (nSPS) is 21.9. The Labute approximate surface area is 243 Å². The van der Waals surface area contributed by atoms with Gasteiger partial charge >= 0.3 is 5.97 Å². The zero-order chi connectivity index (χ0) is 30.2. The van der Waals surface area contributed by atoms with Crippen LogP contribution in [0.25, 0.3) is 21.9 Å². The number of aliphatic hydroxyl groups is 1. The van der Waals surface area contributed by atoms with Gasteiger partial charge in [-0.25, -0.2) is 28.1 Å². The Morgan fingerprint density at radius 3 is 2.55 bits per heavy atom. The lowest BCUT2D eigenvalue weighted by Gasteiger charge is -2.28. The maximum atomic E-state index is 13.3. The topological polar surface area (TPSA) is 181 Å². The van der Waals surface area contributed by atoms with Crippen molar-refractivity contribution in [3.05, 3.63) is 55.1 Å². The van der Waals surface area contributed by atoms with Crippen LogP contribution in [-0.4, -0.2) is 70.2 Å². The summed E-state index contributed by atoms with van der Waals surface area (Å²) in [5.41, 5.74) is 6.62. The Bertz CT molecular complexity index is 1690. The number of aromatic nitrogens is 4. The molecule has 5 atom stereocenters. The number of nitrogens with two attached hydrogens (primary N) is 1. The monoisotopic (exact) mass is 598 g/mol. The van der Waals surface area contributed by atoms with Crippen LogP contribution in [0.5, 0.6) is 0 Å². The minimum absolute atomic E-state index is 0.0716. The fraction of sp³-hybridized carbons (Fsp3) is 0.429. The van der Waals surface area contributed by atoms with Crippen molar-refractivity contribution in [2.24, 2.45) is 11.8 Å². The van der Waals surface area contributed by atoms with Crippen LogP contribution in [0.1, 0.15) is 33.9 Å².